The summed E-state index contributed by atoms with van der Waals surface area (Å²) in [5.74, 6) is -0.404. The predicted octanol–water partition coefficient (Wildman–Crippen LogP) is 4.83. The topological polar surface area (TPSA) is 85.6 Å². The predicted molar refractivity (Wildman–Crippen MR) is 110 cm³/mol. The summed E-state index contributed by atoms with van der Waals surface area (Å²) in [5.41, 5.74) is 2.99. The number of amides is 1. The van der Waals surface area contributed by atoms with Crippen LogP contribution < -0.4 is 5.32 Å². The molecular weight excluding hydrogens is 439 g/mol. The first kappa shape index (κ1) is 18.9. The number of anilines is 1. The number of nitrogens with one attached hydrogen (secondary N) is 1. The molecular formula is C17H10Cl2N6OS2. The van der Waals surface area contributed by atoms with E-state index >= 15 is 0 Å². The standard InChI is InChI=1S/C17H10Cl2N6OS2/c18-11-3-1-2-4-14(11)25-8-13(22-24-25)16(26)21-10-5-6-15(12(19)7-10)28-17-23-20-9-27-17/h1-9H,(H,21,26). The molecule has 0 aliphatic rings. The van der Waals surface area contributed by atoms with Crippen molar-refractivity contribution in [2.75, 3.05) is 5.32 Å². The van der Waals surface area contributed by atoms with E-state index in [0.29, 0.717) is 21.4 Å². The summed E-state index contributed by atoms with van der Waals surface area (Å²) in [5, 5.41) is 19.4. The van der Waals surface area contributed by atoms with E-state index < -0.39 is 5.91 Å². The lowest BCUT2D eigenvalue weighted by Crippen LogP contribution is -2.12. The van der Waals surface area contributed by atoms with E-state index in [1.807, 2.05) is 18.2 Å². The maximum atomic E-state index is 12.5. The Morgan fingerprint density at radius 1 is 1.11 bits per heavy atom. The van der Waals surface area contributed by atoms with Crippen LogP contribution in [-0.2, 0) is 0 Å². The Labute approximate surface area is 177 Å². The molecule has 0 aliphatic carbocycles. The minimum atomic E-state index is -0.404. The zero-order valence-corrected chi connectivity index (χ0v) is 17.1. The molecule has 140 valence electrons. The number of hydrogen-bond donors (Lipinski definition) is 1. The fraction of sp³-hybridized carbons (Fsp3) is 0. The second kappa shape index (κ2) is 8.27. The van der Waals surface area contributed by atoms with Gasteiger partial charge in [-0.3, -0.25) is 4.79 Å². The van der Waals surface area contributed by atoms with Crippen molar-refractivity contribution in [3.63, 3.8) is 0 Å². The van der Waals surface area contributed by atoms with Crippen molar-refractivity contribution < 1.29 is 4.79 Å². The van der Waals surface area contributed by atoms with Crippen molar-refractivity contribution in [2.45, 2.75) is 9.24 Å². The van der Waals surface area contributed by atoms with Gasteiger partial charge in [-0.15, -0.1) is 15.3 Å². The van der Waals surface area contributed by atoms with Crippen LogP contribution >= 0.6 is 46.3 Å². The van der Waals surface area contributed by atoms with Gasteiger partial charge in [0.2, 0.25) is 0 Å². The van der Waals surface area contributed by atoms with Crippen molar-refractivity contribution in [1.29, 1.82) is 0 Å². The highest BCUT2D eigenvalue weighted by Gasteiger charge is 2.14. The van der Waals surface area contributed by atoms with Gasteiger partial charge in [0, 0.05) is 10.6 Å². The summed E-state index contributed by atoms with van der Waals surface area (Å²) in [6.07, 6.45) is 1.51. The largest absolute Gasteiger partial charge is 0.320 e. The van der Waals surface area contributed by atoms with E-state index in [2.05, 4.69) is 25.8 Å². The Hall–Kier alpha value is -2.46. The van der Waals surface area contributed by atoms with Crippen molar-refractivity contribution in [3.05, 3.63) is 69.9 Å². The number of halogens is 2. The van der Waals surface area contributed by atoms with Gasteiger partial charge in [0.25, 0.3) is 5.91 Å². The molecule has 2 aromatic heterocycles. The Kier molecular flexibility index (Phi) is 5.58. The first-order valence-corrected chi connectivity index (χ1v) is 10.3. The van der Waals surface area contributed by atoms with Crippen LogP contribution in [0.5, 0.6) is 0 Å². The van der Waals surface area contributed by atoms with Crippen LogP contribution in [0.3, 0.4) is 0 Å². The van der Waals surface area contributed by atoms with Crippen LogP contribution in [0.4, 0.5) is 5.69 Å². The molecule has 0 fully saturated rings. The highest BCUT2D eigenvalue weighted by atomic mass is 35.5. The molecule has 2 aromatic carbocycles. The van der Waals surface area contributed by atoms with Crippen LogP contribution in [0.15, 0.2) is 63.4 Å². The smallest absolute Gasteiger partial charge is 0.277 e. The lowest BCUT2D eigenvalue weighted by Gasteiger charge is -2.06. The molecule has 0 unspecified atom stereocenters. The normalized spacial score (nSPS) is 10.8. The molecule has 2 heterocycles. The second-order valence-electron chi connectivity index (χ2n) is 5.41. The molecule has 1 amide bonds. The van der Waals surface area contributed by atoms with Crippen LogP contribution in [-0.4, -0.2) is 31.1 Å². The summed E-state index contributed by atoms with van der Waals surface area (Å²) in [6.45, 7) is 0. The highest BCUT2D eigenvalue weighted by Crippen LogP contribution is 2.35. The third-order valence-corrected chi connectivity index (χ3v) is 6.15. The molecule has 0 saturated carbocycles. The van der Waals surface area contributed by atoms with Gasteiger partial charge in [0.1, 0.15) is 5.51 Å². The maximum absolute atomic E-state index is 12.5. The first-order valence-electron chi connectivity index (χ1n) is 7.82. The lowest BCUT2D eigenvalue weighted by atomic mass is 10.3. The first-order chi connectivity index (χ1) is 13.6. The van der Waals surface area contributed by atoms with E-state index in [-0.39, 0.29) is 5.69 Å². The molecule has 0 aliphatic heterocycles. The van der Waals surface area contributed by atoms with E-state index in [4.69, 9.17) is 23.2 Å². The number of carbonyl (C=O) groups excluding carboxylic acids is 1. The number of hydrogen-bond acceptors (Lipinski definition) is 7. The van der Waals surface area contributed by atoms with Crippen LogP contribution in [0.25, 0.3) is 5.69 Å². The molecule has 0 atom stereocenters. The van der Waals surface area contributed by atoms with Gasteiger partial charge >= 0.3 is 0 Å². The SMILES string of the molecule is O=C(Nc1ccc(Sc2nncs2)c(Cl)c1)c1cn(-c2ccccc2Cl)nn1. The van der Waals surface area contributed by atoms with Crippen molar-refractivity contribution in [2.24, 2.45) is 0 Å². The monoisotopic (exact) mass is 448 g/mol. The summed E-state index contributed by atoms with van der Waals surface area (Å²) in [7, 11) is 0. The summed E-state index contributed by atoms with van der Waals surface area (Å²) >= 11 is 15.3. The number of rotatable bonds is 5. The van der Waals surface area contributed by atoms with Gasteiger partial charge in [0.15, 0.2) is 10.0 Å². The number of nitrogens with zero attached hydrogens (tertiary/aromatic N) is 5. The average molecular weight is 449 g/mol. The van der Waals surface area contributed by atoms with Crippen LogP contribution in [0.2, 0.25) is 10.0 Å². The number of benzene rings is 2. The van der Waals surface area contributed by atoms with Gasteiger partial charge in [0.05, 0.1) is 21.9 Å². The van der Waals surface area contributed by atoms with Gasteiger partial charge in [-0.1, -0.05) is 63.6 Å². The zero-order valence-electron chi connectivity index (χ0n) is 13.9. The minimum absolute atomic E-state index is 0.156. The molecule has 4 rings (SSSR count). The molecule has 0 bridgehead atoms. The molecule has 0 radical (unpaired) electrons. The van der Waals surface area contributed by atoms with Crippen molar-refractivity contribution in [1.82, 2.24) is 25.2 Å². The quantitative estimate of drug-likeness (QED) is 0.470. The molecule has 0 spiro atoms. The van der Waals surface area contributed by atoms with Gasteiger partial charge in [-0.2, -0.15) is 0 Å². The molecule has 11 heteroatoms. The van der Waals surface area contributed by atoms with Crippen molar-refractivity contribution >= 4 is 57.9 Å². The third-order valence-electron chi connectivity index (χ3n) is 3.55. The van der Waals surface area contributed by atoms with E-state index in [0.717, 1.165) is 9.24 Å². The maximum Gasteiger partial charge on any atom is 0.277 e. The molecule has 7 nitrogen and oxygen atoms in total. The van der Waals surface area contributed by atoms with Gasteiger partial charge in [-0.25, -0.2) is 4.68 Å². The Bertz CT molecular complexity index is 1130. The molecule has 28 heavy (non-hydrogen) atoms. The van der Waals surface area contributed by atoms with Gasteiger partial charge < -0.3 is 5.32 Å². The second-order valence-corrected chi connectivity index (χ2v) is 8.34. The van der Waals surface area contributed by atoms with E-state index in [1.54, 1.807) is 29.8 Å². The fourth-order valence-corrected chi connectivity index (χ4v) is 4.24. The van der Waals surface area contributed by atoms with Crippen LogP contribution in [0, 0.1) is 0 Å². The number of aromatic nitrogens is 5. The summed E-state index contributed by atoms with van der Waals surface area (Å²) in [4.78, 5) is 13.3. The number of carbonyl (C=O) groups is 1. The Morgan fingerprint density at radius 2 is 1.96 bits per heavy atom. The summed E-state index contributed by atoms with van der Waals surface area (Å²) < 4.78 is 2.24. The highest BCUT2D eigenvalue weighted by molar-refractivity contribution is 8.01. The fourth-order valence-electron chi connectivity index (χ4n) is 2.28. The zero-order chi connectivity index (χ0) is 19.5. The van der Waals surface area contributed by atoms with Crippen molar-refractivity contribution in [3.8, 4) is 5.69 Å². The minimum Gasteiger partial charge on any atom is -0.320 e. The lowest BCUT2D eigenvalue weighted by molar-refractivity contribution is 0.102. The Morgan fingerprint density at radius 3 is 2.71 bits per heavy atom. The van der Waals surface area contributed by atoms with E-state index in [1.165, 1.54) is 34.0 Å². The average Bonchev–Trinajstić information content (AvgIpc) is 3.36. The third kappa shape index (κ3) is 4.17. The van der Waals surface area contributed by atoms with E-state index in [9.17, 15) is 4.79 Å². The Balaban J connectivity index is 1.48. The molecule has 4 aromatic rings. The molecule has 1 N–H and O–H groups in total. The number of para-hydroxylation sites is 1. The molecule has 0 saturated heterocycles. The van der Waals surface area contributed by atoms with Crippen LogP contribution in [0.1, 0.15) is 10.5 Å². The van der Waals surface area contributed by atoms with Gasteiger partial charge in [-0.05, 0) is 30.3 Å². The summed E-state index contributed by atoms with van der Waals surface area (Å²) in [6, 6.07) is 12.4.